The molecule has 0 unspecified atom stereocenters. The minimum absolute atomic E-state index is 0.0330. The summed E-state index contributed by atoms with van der Waals surface area (Å²) in [6, 6.07) is 13.7. The lowest BCUT2D eigenvalue weighted by Gasteiger charge is -2.06. The molecule has 0 aliphatic carbocycles. The second kappa shape index (κ2) is 7.58. The molecule has 0 atom stereocenters. The summed E-state index contributed by atoms with van der Waals surface area (Å²) < 4.78 is 5.55. The Morgan fingerprint density at radius 2 is 1.96 bits per heavy atom. The van der Waals surface area contributed by atoms with E-state index >= 15 is 0 Å². The molecular weight excluding hydrogens is 396 g/mol. The smallest absolute Gasteiger partial charge is 0.287 e. The van der Waals surface area contributed by atoms with Gasteiger partial charge in [-0.25, -0.2) is 4.98 Å². The highest BCUT2D eigenvalue weighted by Gasteiger charge is 2.12. The third-order valence-electron chi connectivity index (χ3n) is 4.23. The highest BCUT2D eigenvalue weighted by molar-refractivity contribution is 7.09. The lowest BCUT2D eigenvalue weighted by atomic mass is 10.1. The monoisotopic (exact) mass is 410 g/mol. The maximum absolute atomic E-state index is 12.4. The van der Waals surface area contributed by atoms with Crippen LogP contribution in [0.4, 0.5) is 0 Å². The largest absolute Gasteiger partial charge is 0.451 e. The third kappa shape index (κ3) is 3.83. The van der Waals surface area contributed by atoms with Crippen LogP contribution in [0.15, 0.2) is 63.1 Å². The highest BCUT2D eigenvalue weighted by atomic mass is 35.5. The molecule has 4 rings (SSSR count). The van der Waals surface area contributed by atoms with Gasteiger partial charge in [-0.05, 0) is 30.7 Å². The number of thiazole rings is 1. The van der Waals surface area contributed by atoms with Crippen molar-refractivity contribution in [1.82, 2.24) is 10.3 Å². The summed E-state index contributed by atoms with van der Waals surface area (Å²) in [6.07, 6.45) is 0. The van der Waals surface area contributed by atoms with E-state index in [2.05, 4.69) is 10.3 Å². The molecule has 0 radical (unpaired) electrons. The van der Waals surface area contributed by atoms with E-state index in [0.29, 0.717) is 22.5 Å². The first-order chi connectivity index (χ1) is 13.5. The standard InChI is InChI=1S/C21H15ClN2O3S/c1-12-24-17(11-28-12)14-4-2-13(3-5-14)10-23-21(26)20-9-18(25)16-8-15(22)6-7-19(16)27-20/h2-9,11H,10H2,1H3,(H,23,26). The molecular formula is C21H15ClN2O3S. The molecule has 5 nitrogen and oxygen atoms in total. The van der Waals surface area contributed by atoms with Crippen molar-refractivity contribution in [3.63, 3.8) is 0 Å². The minimum atomic E-state index is -0.451. The van der Waals surface area contributed by atoms with E-state index in [1.807, 2.05) is 36.6 Å². The van der Waals surface area contributed by atoms with E-state index in [-0.39, 0.29) is 11.2 Å². The van der Waals surface area contributed by atoms with Gasteiger partial charge in [-0.3, -0.25) is 9.59 Å². The van der Waals surface area contributed by atoms with Gasteiger partial charge in [0, 0.05) is 28.6 Å². The maximum Gasteiger partial charge on any atom is 0.287 e. The predicted molar refractivity (Wildman–Crippen MR) is 111 cm³/mol. The first-order valence-electron chi connectivity index (χ1n) is 8.53. The van der Waals surface area contributed by atoms with E-state index in [9.17, 15) is 9.59 Å². The average Bonchev–Trinajstić information content (AvgIpc) is 3.13. The molecule has 1 amide bonds. The van der Waals surface area contributed by atoms with Gasteiger partial charge in [0.2, 0.25) is 0 Å². The van der Waals surface area contributed by atoms with Gasteiger partial charge in [0.25, 0.3) is 5.91 Å². The molecule has 0 saturated carbocycles. The fourth-order valence-electron chi connectivity index (χ4n) is 2.80. The molecule has 1 N–H and O–H groups in total. The van der Waals surface area contributed by atoms with Crippen LogP contribution in [-0.2, 0) is 6.54 Å². The number of rotatable bonds is 4. The maximum atomic E-state index is 12.4. The van der Waals surface area contributed by atoms with Gasteiger partial charge in [0.15, 0.2) is 11.2 Å². The van der Waals surface area contributed by atoms with Gasteiger partial charge in [-0.15, -0.1) is 11.3 Å². The van der Waals surface area contributed by atoms with E-state index in [0.717, 1.165) is 21.8 Å². The van der Waals surface area contributed by atoms with Gasteiger partial charge in [-0.1, -0.05) is 35.9 Å². The number of carbonyl (C=O) groups excluding carboxylic acids is 1. The number of hydrogen-bond acceptors (Lipinski definition) is 5. The second-order valence-corrected chi connectivity index (χ2v) is 7.75. The van der Waals surface area contributed by atoms with Crippen molar-refractivity contribution in [2.45, 2.75) is 13.5 Å². The zero-order chi connectivity index (χ0) is 19.7. The van der Waals surface area contributed by atoms with Crippen LogP contribution in [0, 0.1) is 6.92 Å². The van der Waals surface area contributed by atoms with Crippen molar-refractivity contribution in [3.05, 3.63) is 85.5 Å². The molecule has 0 fully saturated rings. The summed E-state index contributed by atoms with van der Waals surface area (Å²) in [7, 11) is 0. The van der Waals surface area contributed by atoms with E-state index < -0.39 is 5.91 Å². The fourth-order valence-corrected chi connectivity index (χ4v) is 3.59. The molecule has 0 spiro atoms. The molecule has 0 aliphatic rings. The molecule has 2 heterocycles. The van der Waals surface area contributed by atoms with Gasteiger partial charge in [0.1, 0.15) is 5.58 Å². The number of halogens is 1. The van der Waals surface area contributed by atoms with Crippen molar-refractivity contribution in [2.24, 2.45) is 0 Å². The quantitative estimate of drug-likeness (QED) is 0.524. The van der Waals surface area contributed by atoms with Crippen molar-refractivity contribution >= 4 is 39.8 Å². The number of nitrogens with zero attached hydrogens (tertiary/aromatic N) is 1. The summed E-state index contributed by atoms with van der Waals surface area (Å²) in [5.74, 6) is -0.484. The Balaban J connectivity index is 1.47. The van der Waals surface area contributed by atoms with Crippen LogP contribution < -0.4 is 10.7 Å². The van der Waals surface area contributed by atoms with E-state index in [1.54, 1.807) is 23.5 Å². The molecule has 7 heteroatoms. The lowest BCUT2D eigenvalue weighted by molar-refractivity contribution is 0.0923. The lowest BCUT2D eigenvalue weighted by Crippen LogP contribution is -2.24. The summed E-state index contributed by atoms with van der Waals surface area (Å²) in [5, 5.41) is 6.59. The highest BCUT2D eigenvalue weighted by Crippen LogP contribution is 2.22. The Morgan fingerprint density at radius 1 is 1.18 bits per heavy atom. The number of aromatic nitrogens is 1. The number of benzene rings is 2. The first kappa shape index (κ1) is 18.4. The van der Waals surface area contributed by atoms with E-state index in [4.69, 9.17) is 16.0 Å². The van der Waals surface area contributed by atoms with Crippen LogP contribution in [0.2, 0.25) is 5.02 Å². The summed E-state index contributed by atoms with van der Waals surface area (Å²) in [5.41, 5.74) is 2.91. The normalized spacial score (nSPS) is 10.9. The van der Waals surface area contributed by atoms with Crippen LogP contribution in [-0.4, -0.2) is 10.9 Å². The predicted octanol–water partition coefficient (Wildman–Crippen LogP) is 4.81. The number of aryl methyl sites for hydroxylation is 1. The van der Waals surface area contributed by atoms with Gasteiger partial charge >= 0.3 is 0 Å². The summed E-state index contributed by atoms with van der Waals surface area (Å²) >= 11 is 7.51. The van der Waals surface area contributed by atoms with Crippen molar-refractivity contribution < 1.29 is 9.21 Å². The average molecular weight is 411 g/mol. The summed E-state index contributed by atoms with van der Waals surface area (Å²) in [6.45, 7) is 2.29. The zero-order valence-electron chi connectivity index (χ0n) is 14.9. The molecule has 28 heavy (non-hydrogen) atoms. The Hall–Kier alpha value is -2.96. The van der Waals surface area contributed by atoms with Crippen molar-refractivity contribution in [2.75, 3.05) is 0 Å². The number of hydrogen-bond donors (Lipinski definition) is 1. The molecule has 0 aliphatic heterocycles. The third-order valence-corrected chi connectivity index (χ3v) is 5.24. The van der Waals surface area contributed by atoms with Gasteiger partial charge in [0.05, 0.1) is 16.1 Å². The van der Waals surface area contributed by atoms with Crippen molar-refractivity contribution in [1.29, 1.82) is 0 Å². The molecule has 2 aromatic carbocycles. The van der Waals surface area contributed by atoms with Crippen LogP contribution in [0.25, 0.3) is 22.2 Å². The Kier molecular flexibility index (Phi) is 4.98. The van der Waals surface area contributed by atoms with Crippen molar-refractivity contribution in [3.8, 4) is 11.3 Å². The number of nitrogens with one attached hydrogen (secondary N) is 1. The first-order valence-corrected chi connectivity index (χ1v) is 9.78. The molecule has 2 aromatic heterocycles. The van der Waals surface area contributed by atoms with E-state index in [1.165, 1.54) is 12.1 Å². The zero-order valence-corrected chi connectivity index (χ0v) is 16.4. The Morgan fingerprint density at radius 3 is 2.68 bits per heavy atom. The Labute approximate surface area is 169 Å². The number of fused-ring (bicyclic) bond motifs is 1. The van der Waals surface area contributed by atoms with Crippen LogP contribution >= 0.6 is 22.9 Å². The molecule has 4 aromatic rings. The molecule has 0 bridgehead atoms. The molecule has 140 valence electrons. The van der Waals surface area contributed by atoms with Crippen LogP contribution in [0.3, 0.4) is 0 Å². The van der Waals surface area contributed by atoms with Gasteiger partial charge in [-0.2, -0.15) is 0 Å². The van der Waals surface area contributed by atoms with Crippen LogP contribution in [0.1, 0.15) is 21.1 Å². The SMILES string of the molecule is Cc1nc(-c2ccc(CNC(=O)c3cc(=O)c4cc(Cl)ccc4o3)cc2)cs1. The summed E-state index contributed by atoms with van der Waals surface area (Å²) in [4.78, 5) is 29.1. The topological polar surface area (TPSA) is 72.2 Å². The molecule has 0 saturated heterocycles. The van der Waals surface area contributed by atoms with Gasteiger partial charge < -0.3 is 9.73 Å². The number of amides is 1. The Bertz CT molecular complexity index is 1230. The second-order valence-electron chi connectivity index (χ2n) is 6.25. The van der Waals surface area contributed by atoms with Crippen LogP contribution in [0.5, 0.6) is 0 Å². The number of carbonyl (C=O) groups is 1. The minimum Gasteiger partial charge on any atom is -0.451 e. The fraction of sp³-hybridized carbons (Fsp3) is 0.0952.